The molecule has 4 aromatic rings. The van der Waals surface area contributed by atoms with Crippen LogP contribution in [0.4, 0.5) is 5.82 Å². The molecule has 1 unspecified atom stereocenters. The Bertz CT molecular complexity index is 1470. The predicted molar refractivity (Wildman–Crippen MR) is 144 cm³/mol. The molecule has 5 rings (SSSR count). The molecule has 0 bridgehead atoms. The third kappa shape index (κ3) is 4.89. The minimum Gasteiger partial charge on any atom is -0.496 e. The maximum atomic E-state index is 12.7. The summed E-state index contributed by atoms with van der Waals surface area (Å²) in [6.45, 7) is 3.61. The van der Waals surface area contributed by atoms with Crippen molar-refractivity contribution in [1.82, 2.24) is 30.0 Å². The van der Waals surface area contributed by atoms with Gasteiger partial charge in [0.05, 0.1) is 24.1 Å². The number of nitrogen functional groups attached to an aromatic ring is 1. The van der Waals surface area contributed by atoms with Gasteiger partial charge in [-0.25, -0.2) is 14.6 Å². The van der Waals surface area contributed by atoms with Crippen molar-refractivity contribution in [2.45, 2.75) is 38.8 Å². The highest BCUT2D eigenvalue weighted by Gasteiger charge is 2.28. The van der Waals surface area contributed by atoms with Crippen molar-refractivity contribution in [3.05, 3.63) is 66.0 Å². The van der Waals surface area contributed by atoms with Crippen LogP contribution in [0.3, 0.4) is 0 Å². The van der Waals surface area contributed by atoms with Crippen LogP contribution < -0.4 is 15.8 Å². The third-order valence-electron chi connectivity index (χ3n) is 6.95. The molecule has 0 radical (unpaired) electrons. The third-order valence-corrected chi connectivity index (χ3v) is 6.95. The first kappa shape index (κ1) is 25.2. The number of likely N-dealkylation sites (tertiary alicyclic amines) is 1. The van der Waals surface area contributed by atoms with Gasteiger partial charge in [-0.05, 0) is 30.5 Å². The second kappa shape index (κ2) is 10.9. The zero-order valence-electron chi connectivity index (χ0n) is 21.6. The Hall–Kier alpha value is -4.47. The first-order valence-electron chi connectivity index (χ1n) is 12.8. The number of ether oxygens (including phenoxy) is 1. The van der Waals surface area contributed by atoms with Gasteiger partial charge in [-0.3, -0.25) is 9.59 Å². The van der Waals surface area contributed by atoms with E-state index in [0.717, 1.165) is 30.5 Å². The Morgan fingerprint density at radius 1 is 1.13 bits per heavy atom. The fourth-order valence-corrected chi connectivity index (χ4v) is 4.95. The quantitative estimate of drug-likeness (QED) is 0.386. The number of nitrogens with zero attached hydrogens (tertiary/aromatic N) is 5. The van der Waals surface area contributed by atoms with Crippen LogP contribution in [-0.4, -0.2) is 56.7 Å². The smallest absolute Gasteiger partial charge is 0.255 e. The van der Waals surface area contributed by atoms with Gasteiger partial charge >= 0.3 is 0 Å². The van der Waals surface area contributed by atoms with Crippen LogP contribution in [0.15, 0.2) is 54.9 Å². The fourth-order valence-electron chi connectivity index (χ4n) is 4.95. The Morgan fingerprint density at radius 2 is 1.92 bits per heavy atom. The topological polar surface area (TPSA) is 128 Å². The summed E-state index contributed by atoms with van der Waals surface area (Å²) < 4.78 is 7.19. The summed E-state index contributed by atoms with van der Waals surface area (Å²) >= 11 is 0. The normalized spacial score (nSPS) is 15.4. The number of para-hydroxylation sites is 1. The summed E-state index contributed by atoms with van der Waals surface area (Å²) in [5, 5.41) is 8.58. The van der Waals surface area contributed by atoms with E-state index in [1.165, 1.54) is 6.33 Å². The molecule has 1 atom stereocenters. The molecule has 0 saturated carbocycles. The van der Waals surface area contributed by atoms with Gasteiger partial charge in [0.2, 0.25) is 5.91 Å². The van der Waals surface area contributed by atoms with Crippen LogP contribution in [0.5, 0.6) is 5.75 Å². The van der Waals surface area contributed by atoms with Gasteiger partial charge in [-0.15, -0.1) is 0 Å². The number of hydrogen-bond acceptors (Lipinski definition) is 7. The number of nitrogens with one attached hydrogen (secondary N) is 1. The average Bonchev–Trinajstić information content (AvgIpc) is 3.37. The van der Waals surface area contributed by atoms with Crippen LogP contribution >= 0.6 is 0 Å². The van der Waals surface area contributed by atoms with Crippen LogP contribution in [0, 0.1) is 0 Å². The number of benzene rings is 2. The number of hydrogen-bond donors (Lipinski definition) is 2. The molecule has 3 heterocycles. The van der Waals surface area contributed by atoms with Crippen molar-refractivity contribution < 1.29 is 14.3 Å². The Kier molecular flexibility index (Phi) is 7.21. The van der Waals surface area contributed by atoms with Crippen LogP contribution in [0.1, 0.15) is 48.1 Å². The minimum absolute atomic E-state index is 0.00858. The molecule has 2 amide bonds. The lowest BCUT2D eigenvalue weighted by Gasteiger charge is -2.32. The molecule has 2 aromatic carbocycles. The Morgan fingerprint density at radius 3 is 2.68 bits per heavy atom. The SMILES string of the molecule is CCC(=O)N1CCCC(n2nc(-c3ccc(CNC(=O)c4ccccc4OC)cc3)c3c(N)ncnc32)C1. The van der Waals surface area contributed by atoms with Crippen molar-refractivity contribution in [3.63, 3.8) is 0 Å². The van der Waals surface area contributed by atoms with Crippen molar-refractivity contribution in [3.8, 4) is 17.0 Å². The van der Waals surface area contributed by atoms with E-state index in [2.05, 4.69) is 15.3 Å². The molecule has 10 nitrogen and oxygen atoms in total. The maximum Gasteiger partial charge on any atom is 0.255 e. The van der Waals surface area contributed by atoms with Crippen molar-refractivity contribution in [2.24, 2.45) is 0 Å². The summed E-state index contributed by atoms with van der Waals surface area (Å²) in [6.07, 6.45) is 3.74. The molecular formula is C28H31N7O3. The molecule has 10 heteroatoms. The highest BCUT2D eigenvalue weighted by molar-refractivity contribution is 5.98. The average molecular weight is 514 g/mol. The Balaban J connectivity index is 1.38. The number of fused-ring (bicyclic) bond motifs is 1. The van der Waals surface area contributed by atoms with E-state index >= 15 is 0 Å². The number of anilines is 1. The van der Waals surface area contributed by atoms with E-state index in [1.54, 1.807) is 25.3 Å². The van der Waals surface area contributed by atoms with Gasteiger partial charge in [0.15, 0.2) is 5.65 Å². The molecule has 0 spiro atoms. The first-order valence-corrected chi connectivity index (χ1v) is 12.8. The highest BCUT2D eigenvalue weighted by atomic mass is 16.5. The van der Waals surface area contributed by atoms with E-state index in [0.29, 0.717) is 53.4 Å². The van der Waals surface area contributed by atoms with Crippen molar-refractivity contribution in [1.29, 1.82) is 0 Å². The summed E-state index contributed by atoms with van der Waals surface area (Å²) in [5.74, 6) is 0.836. The van der Waals surface area contributed by atoms with E-state index in [9.17, 15) is 9.59 Å². The van der Waals surface area contributed by atoms with Gasteiger partial charge in [0.1, 0.15) is 23.6 Å². The number of nitrogens with two attached hydrogens (primary N) is 1. The molecule has 1 aliphatic heterocycles. The van der Waals surface area contributed by atoms with Crippen LogP contribution in [-0.2, 0) is 11.3 Å². The molecule has 196 valence electrons. The molecule has 3 N–H and O–H groups in total. The molecular weight excluding hydrogens is 482 g/mol. The second-order valence-corrected chi connectivity index (χ2v) is 9.32. The monoisotopic (exact) mass is 513 g/mol. The summed E-state index contributed by atoms with van der Waals surface area (Å²) in [6, 6.07) is 14.9. The zero-order valence-corrected chi connectivity index (χ0v) is 21.6. The van der Waals surface area contributed by atoms with Crippen LogP contribution in [0.25, 0.3) is 22.3 Å². The van der Waals surface area contributed by atoms with E-state index < -0.39 is 0 Å². The molecule has 38 heavy (non-hydrogen) atoms. The van der Waals surface area contributed by atoms with Gasteiger partial charge in [0, 0.05) is 31.6 Å². The van der Waals surface area contributed by atoms with Gasteiger partial charge in [0.25, 0.3) is 5.91 Å². The lowest BCUT2D eigenvalue weighted by atomic mass is 10.1. The maximum absolute atomic E-state index is 12.7. The number of piperidine rings is 1. The molecule has 1 fully saturated rings. The van der Waals surface area contributed by atoms with Gasteiger partial charge in [-0.2, -0.15) is 5.10 Å². The molecule has 0 aliphatic carbocycles. The molecule has 1 saturated heterocycles. The van der Waals surface area contributed by atoms with E-state index in [1.807, 2.05) is 46.8 Å². The minimum atomic E-state index is -0.204. The summed E-state index contributed by atoms with van der Waals surface area (Å²) in [7, 11) is 1.54. The number of aromatic nitrogens is 4. The number of amides is 2. The largest absolute Gasteiger partial charge is 0.496 e. The number of rotatable bonds is 7. The summed E-state index contributed by atoms with van der Waals surface area (Å²) in [5.41, 5.74) is 9.95. The highest BCUT2D eigenvalue weighted by Crippen LogP contribution is 2.34. The first-order chi connectivity index (χ1) is 18.5. The standard InChI is InChI=1S/C28H31N7O3/c1-3-23(36)34-14-6-7-20(16-34)35-27-24(26(29)31-17-32-27)25(33-35)19-12-10-18(11-13-19)15-30-28(37)21-8-4-5-9-22(21)38-2/h4-5,8-13,17,20H,3,6-7,14-16H2,1-2H3,(H,30,37)(H2,29,31,32). The molecule has 2 aromatic heterocycles. The number of methoxy groups -OCH3 is 1. The number of carbonyl (C=O) groups is 2. The predicted octanol–water partition coefficient (Wildman–Crippen LogP) is 3.59. The second-order valence-electron chi connectivity index (χ2n) is 9.32. The van der Waals surface area contributed by atoms with Gasteiger partial charge < -0.3 is 20.7 Å². The van der Waals surface area contributed by atoms with Gasteiger partial charge in [-0.1, -0.05) is 43.3 Å². The van der Waals surface area contributed by atoms with Crippen molar-refractivity contribution in [2.75, 3.05) is 25.9 Å². The Labute approximate surface area is 220 Å². The summed E-state index contributed by atoms with van der Waals surface area (Å²) in [4.78, 5) is 35.6. The number of carbonyl (C=O) groups excluding carboxylic acids is 2. The molecule has 1 aliphatic rings. The lowest BCUT2D eigenvalue weighted by Crippen LogP contribution is -2.40. The van der Waals surface area contributed by atoms with E-state index in [-0.39, 0.29) is 17.9 Å². The fraction of sp³-hybridized carbons (Fsp3) is 0.321. The zero-order chi connectivity index (χ0) is 26.6. The van der Waals surface area contributed by atoms with E-state index in [4.69, 9.17) is 15.6 Å². The lowest BCUT2D eigenvalue weighted by molar-refractivity contribution is -0.132. The van der Waals surface area contributed by atoms with Crippen molar-refractivity contribution >= 4 is 28.7 Å². The van der Waals surface area contributed by atoms with Crippen LogP contribution in [0.2, 0.25) is 0 Å².